The standard InChI is InChI=1S/C24H20N2/c25-22-16-7-8-17-23(22)26-24-20(18-10-3-1-4-11-18)14-9-15-21(24)19-12-5-2-6-13-19/h1-17,26H,25H2/i1D,2D,3D,4D,5D,6D,7D,8D,10D,11D,12D,13D,16D,17D. The lowest BCUT2D eigenvalue weighted by Gasteiger charge is -2.18. The van der Waals surface area contributed by atoms with Gasteiger partial charge in [-0.3, -0.25) is 0 Å². The Hall–Kier alpha value is -3.52. The first kappa shape index (κ1) is 6.65. The van der Waals surface area contributed by atoms with Gasteiger partial charge in [-0.25, -0.2) is 0 Å². The van der Waals surface area contributed by atoms with Crippen LogP contribution >= 0.6 is 0 Å². The predicted octanol–water partition coefficient (Wildman–Crippen LogP) is 6.35. The molecule has 0 aliphatic heterocycles. The van der Waals surface area contributed by atoms with Gasteiger partial charge in [0.2, 0.25) is 0 Å². The first-order valence-electron chi connectivity index (χ1n) is 14.5. The van der Waals surface area contributed by atoms with Crippen LogP contribution in [-0.2, 0) is 0 Å². The monoisotopic (exact) mass is 350 g/mol. The third-order valence-corrected chi connectivity index (χ3v) is 3.57. The van der Waals surface area contributed by atoms with Crippen LogP contribution in [0, 0.1) is 0 Å². The Morgan fingerprint density at radius 1 is 0.654 bits per heavy atom. The molecule has 0 aromatic heterocycles. The molecule has 126 valence electrons. The molecule has 26 heavy (non-hydrogen) atoms. The summed E-state index contributed by atoms with van der Waals surface area (Å²) in [7, 11) is 0. The quantitative estimate of drug-likeness (QED) is 0.421. The van der Waals surface area contributed by atoms with E-state index in [0.717, 1.165) is 0 Å². The van der Waals surface area contributed by atoms with Crippen LogP contribution in [-0.4, -0.2) is 0 Å². The first-order chi connectivity index (χ1) is 18.6. The van der Waals surface area contributed by atoms with Gasteiger partial charge in [-0.2, -0.15) is 0 Å². The van der Waals surface area contributed by atoms with Crippen LogP contribution in [0.3, 0.4) is 0 Å². The van der Waals surface area contributed by atoms with Crippen LogP contribution in [0.2, 0.25) is 0 Å². The Morgan fingerprint density at radius 2 is 1.15 bits per heavy atom. The molecule has 0 fully saturated rings. The average molecular weight is 351 g/mol. The summed E-state index contributed by atoms with van der Waals surface area (Å²) in [5.41, 5.74) is 4.47. The van der Waals surface area contributed by atoms with Crippen LogP contribution in [0.1, 0.15) is 19.2 Å². The fourth-order valence-electron chi connectivity index (χ4n) is 2.42. The van der Waals surface area contributed by atoms with Crippen LogP contribution in [0.25, 0.3) is 22.3 Å². The Bertz CT molecular complexity index is 1560. The molecule has 2 nitrogen and oxygen atoms in total. The summed E-state index contributed by atoms with van der Waals surface area (Å²) in [5.74, 6) is 0. The van der Waals surface area contributed by atoms with Gasteiger partial charge < -0.3 is 11.1 Å². The van der Waals surface area contributed by atoms with Crippen molar-refractivity contribution < 1.29 is 19.2 Å². The largest absolute Gasteiger partial charge is 0.397 e. The molecule has 0 bridgehead atoms. The maximum Gasteiger partial charge on any atom is 0.0645 e. The van der Waals surface area contributed by atoms with Gasteiger partial charge in [-0.05, 0) is 23.2 Å². The van der Waals surface area contributed by atoms with Gasteiger partial charge >= 0.3 is 0 Å². The SMILES string of the molecule is [2H]c1c([2H])c([2H])c(-c2cccc(-c3c([2H])c([2H])c([2H])c([2H])c3[2H])c2Nc2c([2H])c([2H])c([2H])c([2H])c2N)c([2H])c1[2H]. The summed E-state index contributed by atoms with van der Waals surface area (Å²) in [6, 6.07) is -4.43. The van der Waals surface area contributed by atoms with E-state index in [-0.39, 0.29) is 33.6 Å². The molecule has 0 saturated carbocycles. The second-order valence-electron chi connectivity index (χ2n) is 5.14. The van der Waals surface area contributed by atoms with Crippen molar-refractivity contribution in [3.8, 4) is 22.3 Å². The number of hydrogen-bond acceptors (Lipinski definition) is 2. The van der Waals surface area contributed by atoms with Crippen LogP contribution in [0.5, 0.6) is 0 Å². The molecule has 0 amide bonds. The fourth-order valence-corrected chi connectivity index (χ4v) is 2.42. The van der Waals surface area contributed by atoms with Crippen LogP contribution < -0.4 is 11.1 Å². The Labute approximate surface area is 173 Å². The number of rotatable bonds is 4. The minimum atomic E-state index is -0.642. The lowest BCUT2D eigenvalue weighted by Crippen LogP contribution is -1.99. The summed E-state index contributed by atoms with van der Waals surface area (Å²) in [4.78, 5) is 0. The van der Waals surface area contributed by atoms with E-state index in [0.29, 0.717) is 0 Å². The van der Waals surface area contributed by atoms with E-state index >= 15 is 0 Å². The average Bonchev–Trinajstić information content (AvgIpc) is 2.94. The van der Waals surface area contributed by atoms with Gasteiger partial charge in [0.15, 0.2) is 0 Å². The highest BCUT2D eigenvalue weighted by Gasteiger charge is 2.13. The summed E-state index contributed by atoms with van der Waals surface area (Å²) in [5, 5.41) is 2.79. The van der Waals surface area contributed by atoms with Crippen molar-refractivity contribution in [1.82, 2.24) is 0 Å². The topological polar surface area (TPSA) is 38.0 Å². The van der Waals surface area contributed by atoms with Crippen molar-refractivity contribution in [3.05, 3.63) is 103 Å². The van der Waals surface area contributed by atoms with Gasteiger partial charge in [0, 0.05) is 11.1 Å². The van der Waals surface area contributed by atoms with E-state index in [1.807, 2.05) is 0 Å². The molecule has 0 atom stereocenters. The highest BCUT2D eigenvalue weighted by atomic mass is 14.9. The smallest absolute Gasteiger partial charge is 0.0645 e. The molecule has 0 heterocycles. The molecular formula is C24H20N2. The van der Waals surface area contributed by atoms with E-state index in [9.17, 15) is 0 Å². The van der Waals surface area contributed by atoms with Gasteiger partial charge in [-0.1, -0.05) is 90.7 Å². The Kier molecular flexibility index (Phi) is 1.83. The molecule has 3 N–H and O–H groups in total. The summed E-state index contributed by atoms with van der Waals surface area (Å²) in [6.07, 6.45) is 0. The minimum absolute atomic E-state index is 0.0619. The molecular weight excluding hydrogens is 316 g/mol. The van der Waals surface area contributed by atoms with Crippen LogP contribution in [0.15, 0.2) is 103 Å². The second kappa shape index (κ2) is 7.16. The predicted molar refractivity (Wildman–Crippen MR) is 111 cm³/mol. The first-order valence-corrected chi connectivity index (χ1v) is 7.53. The summed E-state index contributed by atoms with van der Waals surface area (Å²) < 4.78 is 115. The molecule has 0 spiro atoms. The van der Waals surface area contributed by atoms with Gasteiger partial charge in [0.05, 0.1) is 36.3 Å². The Morgan fingerprint density at radius 3 is 1.73 bits per heavy atom. The lowest BCUT2D eigenvalue weighted by atomic mass is 9.95. The number of para-hydroxylation sites is 3. The van der Waals surface area contributed by atoms with Crippen molar-refractivity contribution in [2.75, 3.05) is 11.1 Å². The third-order valence-electron chi connectivity index (χ3n) is 3.57. The van der Waals surface area contributed by atoms with Crippen molar-refractivity contribution in [1.29, 1.82) is 0 Å². The maximum atomic E-state index is 8.48. The molecule has 0 aliphatic carbocycles. The zero-order valence-electron chi connectivity index (χ0n) is 27.3. The van der Waals surface area contributed by atoms with Crippen LogP contribution in [0.4, 0.5) is 17.1 Å². The number of anilines is 3. The molecule has 0 aliphatic rings. The molecule has 0 radical (unpaired) electrons. The maximum absolute atomic E-state index is 8.48. The van der Waals surface area contributed by atoms with Crippen molar-refractivity contribution in [2.24, 2.45) is 0 Å². The van der Waals surface area contributed by atoms with E-state index in [1.54, 1.807) is 0 Å². The highest BCUT2D eigenvalue weighted by molar-refractivity contribution is 5.94. The Balaban J connectivity index is 2.20. The molecule has 0 unspecified atom stereocenters. The highest BCUT2D eigenvalue weighted by Crippen LogP contribution is 2.39. The lowest BCUT2D eigenvalue weighted by molar-refractivity contribution is 1.52. The van der Waals surface area contributed by atoms with Gasteiger partial charge in [-0.15, -0.1) is 0 Å². The minimum Gasteiger partial charge on any atom is -0.397 e. The van der Waals surface area contributed by atoms with E-state index in [2.05, 4.69) is 5.32 Å². The van der Waals surface area contributed by atoms with Gasteiger partial charge in [0.25, 0.3) is 0 Å². The molecule has 4 aromatic rings. The number of benzene rings is 4. The van der Waals surface area contributed by atoms with E-state index in [1.165, 1.54) is 18.2 Å². The van der Waals surface area contributed by atoms with E-state index in [4.69, 9.17) is 24.9 Å². The molecule has 2 heteroatoms. The number of hydrogen-bond donors (Lipinski definition) is 2. The number of nitrogens with one attached hydrogen (secondary N) is 1. The summed E-state index contributed by atoms with van der Waals surface area (Å²) >= 11 is 0. The molecule has 4 rings (SSSR count). The zero-order chi connectivity index (χ0) is 30.0. The number of nitrogens with two attached hydrogens (primary N) is 1. The normalized spacial score (nSPS) is 18.0. The van der Waals surface area contributed by atoms with Crippen molar-refractivity contribution in [2.45, 2.75) is 0 Å². The zero-order valence-corrected chi connectivity index (χ0v) is 13.3. The molecule has 4 aromatic carbocycles. The van der Waals surface area contributed by atoms with Crippen molar-refractivity contribution in [3.63, 3.8) is 0 Å². The van der Waals surface area contributed by atoms with Gasteiger partial charge in [0.1, 0.15) is 0 Å². The molecule has 0 saturated heterocycles. The summed E-state index contributed by atoms with van der Waals surface area (Å²) in [6.45, 7) is 0. The van der Waals surface area contributed by atoms with Crippen molar-refractivity contribution >= 4 is 17.1 Å². The number of nitrogen functional groups attached to an aromatic ring is 1. The fraction of sp³-hybridized carbons (Fsp3) is 0. The third kappa shape index (κ3) is 3.17. The van der Waals surface area contributed by atoms with E-state index < -0.39 is 90.3 Å². The second-order valence-corrected chi connectivity index (χ2v) is 5.14.